The van der Waals surface area contributed by atoms with Crippen molar-refractivity contribution in [3.8, 4) is 0 Å². The minimum atomic E-state index is 0.0178. The largest absolute Gasteiger partial charge is 0.360 e. The van der Waals surface area contributed by atoms with Crippen molar-refractivity contribution in [1.29, 1.82) is 5.41 Å². The van der Waals surface area contributed by atoms with Crippen LogP contribution in [-0.2, 0) is 4.74 Å². The molecule has 1 unspecified atom stereocenters. The summed E-state index contributed by atoms with van der Waals surface area (Å²) in [5, 5.41) is 11.4. The number of nitrogens with one attached hydrogen (secondary N) is 2. The maximum atomic E-state index is 7.96. The van der Waals surface area contributed by atoms with Crippen molar-refractivity contribution < 1.29 is 4.74 Å². The van der Waals surface area contributed by atoms with E-state index in [-0.39, 0.29) is 6.23 Å². The molecule has 1 heterocycles. The number of anilines is 1. The zero-order chi connectivity index (χ0) is 21.2. The summed E-state index contributed by atoms with van der Waals surface area (Å²) in [7, 11) is 0. The van der Waals surface area contributed by atoms with Crippen molar-refractivity contribution in [2.75, 3.05) is 11.9 Å². The Morgan fingerprint density at radius 3 is 2.66 bits per heavy atom. The van der Waals surface area contributed by atoms with Crippen LogP contribution in [0.25, 0.3) is 5.57 Å². The third kappa shape index (κ3) is 5.68. The fourth-order valence-corrected chi connectivity index (χ4v) is 3.72. The van der Waals surface area contributed by atoms with Gasteiger partial charge < -0.3 is 15.5 Å². The first-order valence-corrected chi connectivity index (χ1v) is 10.4. The summed E-state index contributed by atoms with van der Waals surface area (Å²) in [4.78, 5) is 0. The number of hydrogen-bond acceptors (Lipinski definition) is 3. The van der Waals surface area contributed by atoms with Gasteiger partial charge in [0.1, 0.15) is 6.23 Å². The number of allylic oxidation sites excluding steroid dienone is 8. The zero-order valence-electron chi connectivity index (χ0n) is 18.1. The van der Waals surface area contributed by atoms with Gasteiger partial charge in [-0.05, 0) is 73.9 Å². The summed E-state index contributed by atoms with van der Waals surface area (Å²) >= 11 is 0. The summed E-state index contributed by atoms with van der Waals surface area (Å²) in [6.45, 7) is 15.1. The smallest absolute Gasteiger partial charge is 0.127 e. The molecule has 2 N–H and O–H groups in total. The molecule has 1 aromatic carbocycles. The van der Waals surface area contributed by atoms with E-state index in [0.717, 1.165) is 53.8 Å². The van der Waals surface area contributed by atoms with Crippen LogP contribution in [0.4, 0.5) is 5.69 Å². The second kappa shape index (κ2) is 11.4. The SMILES string of the molecule is C=C/C=C(C=C)/C(=C(CC)\C(C)=C\C)c1ccc(NC2CCCCO2)c(C=N)c1. The minimum absolute atomic E-state index is 0.0178. The zero-order valence-corrected chi connectivity index (χ0v) is 18.1. The quantitative estimate of drug-likeness (QED) is 0.350. The lowest BCUT2D eigenvalue weighted by atomic mass is 9.87. The van der Waals surface area contributed by atoms with Crippen LogP contribution in [0.5, 0.6) is 0 Å². The van der Waals surface area contributed by atoms with Gasteiger partial charge in [0.15, 0.2) is 0 Å². The van der Waals surface area contributed by atoms with Gasteiger partial charge in [-0.2, -0.15) is 0 Å². The van der Waals surface area contributed by atoms with Crippen LogP contribution in [0, 0.1) is 5.41 Å². The van der Waals surface area contributed by atoms with Crippen LogP contribution in [0.3, 0.4) is 0 Å². The van der Waals surface area contributed by atoms with E-state index in [2.05, 4.69) is 63.5 Å². The molecule has 0 bridgehead atoms. The molecule has 0 radical (unpaired) electrons. The molecule has 1 atom stereocenters. The van der Waals surface area contributed by atoms with Crippen molar-refractivity contribution in [2.45, 2.75) is 52.7 Å². The standard InChI is InChI=1S/C26H34N2O/c1-6-12-20(8-3)26(23(9-4)19(5)7-2)21-14-15-24(22(17-21)18-27)28-25-13-10-11-16-29-25/h6-8,12,14-15,17-18,25,27-28H,1,3,9-11,13,16H2,2,4-5H3/b19-7+,20-12+,26-23+,27-18?. The molecule has 3 nitrogen and oxygen atoms in total. The van der Waals surface area contributed by atoms with Crippen LogP contribution < -0.4 is 5.32 Å². The van der Waals surface area contributed by atoms with Gasteiger partial charge in [-0.25, -0.2) is 0 Å². The van der Waals surface area contributed by atoms with Crippen molar-refractivity contribution in [1.82, 2.24) is 0 Å². The Hall–Kier alpha value is -2.65. The molecule has 0 amide bonds. The first-order chi connectivity index (χ1) is 14.1. The fraction of sp³-hybridized carbons (Fsp3) is 0.346. The lowest BCUT2D eigenvalue weighted by Crippen LogP contribution is -2.27. The summed E-state index contributed by atoms with van der Waals surface area (Å²) in [6, 6.07) is 6.25. The van der Waals surface area contributed by atoms with E-state index in [1.807, 2.05) is 12.2 Å². The molecule has 1 aromatic rings. The summed E-state index contributed by atoms with van der Waals surface area (Å²) in [5.74, 6) is 0. The first kappa shape index (κ1) is 22.6. The first-order valence-electron chi connectivity index (χ1n) is 10.4. The highest BCUT2D eigenvalue weighted by molar-refractivity contribution is 5.92. The van der Waals surface area contributed by atoms with E-state index < -0.39 is 0 Å². The molecule has 0 aromatic heterocycles. The van der Waals surface area contributed by atoms with E-state index in [4.69, 9.17) is 10.1 Å². The van der Waals surface area contributed by atoms with Gasteiger partial charge in [0.25, 0.3) is 0 Å². The summed E-state index contributed by atoms with van der Waals surface area (Å²) < 4.78 is 5.81. The molecule has 0 aliphatic carbocycles. The molecule has 154 valence electrons. The predicted octanol–water partition coefficient (Wildman–Crippen LogP) is 7.05. The lowest BCUT2D eigenvalue weighted by molar-refractivity contribution is 0.0343. The van der Waals surface area contributed by atoms with Crippen molar-refractivity contribution in [3.63, 3.8) is 0 Å². The van der Waals surface area contributed by atoms with Crippen LogP contribution in [0.15, 0.2) is 72.4 Å². The van der Waals surface area contributed by atoms with E-state index in [1.54, 1.807) is 6.08 Å². The van der Waals surface area contributed by atoms with E-state index in [0.29, 0.717) is 0 Å². The van der Waals surface area contributed by atoms with Gasteiger partial charge >= 0.3 is 0 Å². The molecule has 0 spiro atoms. The Labute approximate surface area is 176 Å². The van der Waals surface area contributed by atoms with Gasteiger partial charge in [-0.1, -0.05) is 56.0 Å². The van der Waals surface area contributed by atoms with Gasteiger partial charge in [0, 0.05) is 24.1 Å². The minimum Gasteiger partial charge on any atom is -0.360 e. The molecule has 1 saturated heterocycles. The van der Waals surface area contributed by atoms with Crippen molar-refractivity contribution >= 4 is 17.5 Å². The number of rotatable bonds is 9. The maximum absolute atomic E-state index is 7.96. The molecule has 3 heteroatoms. The monoisotopic (exact) mass is 390 g/mol. The topological polar surface area (TPSA) is 45.1 Å². The number of ether oxygens (including phenoxy) is 1. The molecular formula is C26H34N2O. The molecule has 2 rings (SSSR count). The van der Waals surface area contributed by atoms with Crippen LogP contribution in [0.2, 0.25) is 0 Å². The van der Waals surface area contributed by atoms with Gasteiger partial charge in [-0.3, -0.25) is 0 Å². The molecule has 0 saturated carbocycles. The summed E-state index contributed by atoms with van der Waals surface area (Å²) in [6.07, 6.45) is 13.4. The Morgan fingerprint density at radius 2 is 2.10 bits per heavy atom. The highest BCUT2D eigenvalue weighted by atomic mass is 16.5. The van der Waals surface area contributed by atoms with Gasteiger partial charge in [-0.15, -0.1) is 0 Å². The normalized spacial score (nSPS) is 18.7. The third-order valence-corrected chi connectivity index (χ3v) is 5.36. The number of hydrogen-bond donors (Lipinski definition) is 2. The Balaban J connectivity index is 2.57. The average molecular weight is 391 g/mol. The van der Waals surface area contributed by atoms with Crippen molar-refractivity contribution in [2.24, 2.45) is 0 Å². The molecule has 1 aliphatic heterocycles. The van der Waals surface area contributed by atoms with Crippen molar-refractivity contribution in [3.05, 3.63) is 83.5 Å². The van der Waals surface area contributed by atoms with Crippen LogP contribution in [0.1, 0.15) is 57.6 Å². The highest BCUT2D eigenvalue weighted by Gasteiger charge is 2.17. The van der Waals surface area contributed by atoms with Crippen LogP contribution in [-0.4, -0.2) is 19.0 Å². The maximum Gasteiger partial charge on any atom is 0.127 e. The van der Waals surface area contributed by atoms with Gasteiger partial charge in [0.05, 0.1) is 0 Å². The molecular weight excluding hydrogens is 356 g/mol. The van der Waals surface area contributed by atoms with Gasteiger partial charge in [0.2, 0.25) is 0 Å². The highest BCUT2D eigenvalue weighted by Crippen LogP contribution is 2.34. The van der Waals surface area contributed by atoms with E-state index in [9.17, 15) is 0 Å². The number of benzene rings is 1. The lowest BCUT2D eigenvalue weighted by Gasteiger charge is -2.25. The Bertz CT molecular complexity index is 836. The second-order valence-corrected chi connectivity index (χ2v) is 7.19. The molecule has 1 aliphatic rings. The Morgan fingerprint density at radius 1 is 1.31 bits per heavy atom. The predicted molar refractivity (Wildman–Crippen MR) is 127 cm³/mol. The van der Waals surface area contributed by atoms with E-state index in [1.165, 1.54) is 23.8 Å². The average Bonchev–Trinajstić information content (AvgIpc) is 2.76. The van der Waals surface area contributed by atoms with E-state index >= 15 is 0 Å². The third-order valence-electron chi connectivity index (χ3n) is 5.36. The van der Waals surface area contributed by atoms with Crippen LogP contribution >= 0.6 is 0 Å². The molecule has 1 fully saturated rings. The Kier molecular flexibility index (Phi) is 8.88. The summed E-state index contributed by atoms with van der Waals surface area (Å²) in [5.41, 5.74) is 7.55. The second-order valence-electron chi connectivity index (χ2n) is 7.19. The fourth-order valence-electron chi connectivity index (χ4n) is 3.72. The molecule has 29 heavy (non-hydrogen) atoms.